The number of aliphatic imine (C=N–C) groups is 1. The molecule has 5 unspecified atom stereocenters. The molecule has 7 N–H and O–H groups in total. The number of amides is 1. The van der Waals surface area contributed by atoms with Gasteiger partial charge in [-0.25, -0.2) is 9.98 Å². The van der Waals surface area contributed by atoms with Crippen LogP contribution < -0.4 is 22.5 Å². The summed E-state index contributed by atoms with van der Waals surface area (Å²) in [5, 5.41) is 5.52. The van der Waals surface area contributed by atoms with Gasteiger partial charge in [-0.15, -0.1) is 11.3 Å². The summed E-state index contributed by atoms with van der Waals surface area (Å²) in [4.78, 5) is 20.1. The lowest BCUT2D eigenvalue weighted by Crippen LogP contribution is -2.70. The summed E-state index contributed by atoms with van der Waals surface area (Å²) in [6.45, 7) is 0.199. The third-order valence-electron chi connectivity index (χ3n) is 5.97. The largest absolute Gasteiger partial charge is 0.418 e. The Morgan fingerprint density at radius 2 is 2.05 bits per heavy atom. The molecule has 0 bridgehead atoms. The van der Waals surface area contributed by atoms with Crippen molar-refractivity contribution in [1.29, 1.82) is 0 Å². The number of hydrogen-bond donors (Lipinski definition) is 4. The molecule has 16 heteroatoms. The average Bonchev–Trinajstić information content (AvgIpc) is 3.28. The number of carbonyl (C=O) groups excluding carboxylic acids is 1. The highest BCUT2D eigenvalue weighted by atomic mass is 35.5. The number of benzene rings is 1. The second-order valence-electron chi connectivity index (χ2n) is 8.52. The number of nitrogens with one attached hydrogen (secondary N) is 1. The van der Waals surface area contributed by atoms with E-state index in [4.69, 9.17) is 54.6 Å². The van der Waals surface area contributed by atoms with Crippen LogP contribution in [0, 0.1) is 0 Å². The molecule has 210 valence electrons. The monoisotopic (exact) mass is 606 g/mol. The molecule has 39 heavy (non-hydrogen) atoms. The molecule has 1 amide bonds. The maximum atomic E-state index is 13.8. The van der Waals surface area contributed by atoms with Gasteiger partial charge in [-0.2, -0.15) is 13.2 Å². The highest BCUT2D eigenvalue weighted by Gasteiger charge is 2.52. The summed E-state index contributed by atoms with van der Waals surface area (Å²) >= 11 is 13.1. The molecule has 2 saturated heterocycles. The van der Waals surface area contributed by atoms with Crippen LogP contribution in [0.25, 0.3) is 5.70 Å². The number of fused-ring (bicyclic) bond motifs is 1. The molecule has 1 aromatic carbocycles. The van der Waals surface area contributed by atoms with E-state index in [-0.39, 0.29) is 28.2 Å². The molecular formula is C23H23Cl2F3N6O4S. The molecule has 0 spiro atoms. The van der Waals surface area contributed by atoms with Gasteiger partial charge in [0.05, 0.1) is 41.0 Å². The highest BCUT2D eigenvalue weighted by Crippen LogP contribution is 2.39. The minimum absolute atomic E-state index is 0.00992. The zero-order chi connectivity index (χ0) is 28.5. The van der Waals surface area contributed by atoms with E-state index in [1.807, 2.05) is 0 Å². The zero-order valence-corrected chi connectivity index (χ0v) is 22.4. The van der Waals surface area contributed by atoms with Crippen LogP contribution in [0.1, 0.15) is 10.6 Å². The number of methoxy groups -OCH3 is 1. The number of primary amides is 1. The third kappa shape index (κ3) is 6.48. The number of alkyl halides is 3. The molecule has 2 aliphatic heterocycles. The molecule has 5 atom stereocenters. The van der Waals surface area contributed by atoms with Gasteiger partial charge >= 0.3 is 6.18 Å². The van der Waals surface area contributed by atoms with Crippen LogP contribution in [0.5, 0.6) is 0 Å². The summed E-state index contributed by atoms with van der Waals surface area (Å²) in [6, 6.07) is 2.32. The van der Waals surface area contributed by atoms with Gasteiger partial charge in [0, 0.05) is 23.7 Å². The molecule has 2 aliphatic rings. The number of hydrogen-bond acceptors (Lipinski definition) is 10. The van der Waals surface area contributed by atoms with E-state index in [0.717, 1.165) is 24.3 Å². The van der Waals surface area contributed by atoms with Crippen molar-refractivity contribution >= 4 is 57.5 Å². The van der Waals surface area contributed by atoms with E-state index in [1.54, 1.807) is 5.38 Å². The van der Waals surface area contributed by atoms with Gasteiger partial charge in [-0.3, -0.25) is 4.79 Å². The molecule has 4 rings (SSSR count). The fourth-order valence-electron chi connectivity index (χ4n) is 4.10. The first kappa shape index (κ1) is 29.1. The van der Waals surface area contributed by atoms with E-state index in [2.05, 4.69) is 15.3 Å². The first-order valence-corrected chi connectivity index (χ1v) is 12.9. The summed E-state index contributed by atoms with van der Waals surface area (Å²) < 4.78 is 58.8. The summed E-state index contributed by atoms with van der Waals surface area (Å²) in [5.74, 6) is -1.01. The number of nitrogens with two attached hydrogens (primary N) is 3. The topological polar surface area (TPSA) is 160 Å². The van der Waals surface area contributed by atoms with Gasteiger partial charge in [0.15, 0.2) is 0 Å². The van der Waals surface area contributed by atoms with Gasteiger partial charge in [-0.1, -0.05) is 23.2 Å². The Morgan fingerprint density at radius 3 is 2.62 bits per heavy atom. The Kier molecular flexibility index (Phi) is 8.73. The van der Waals surface area contributed by atoms with Gasteiger partial charge in [0.1, 0.15) is 34.6 Å². The molecule has 3 heterocycles. The summed E-state index contributed by atoms with van der Waals surface area (Å²) in [7, 11) is 1.38. The lowest BCUT2D eigenvalue weighted by atomic mass is 9.87. The Bertz CT molecular complexity index is 1340. The number of nitrogens with zero attached hydrogens (tertiary/aromatic N) is 2. The first-order valence-electron chi connectivity index (χ1n) is 11.2. The van der Waals surface area contributed by atoms with Crippen LogP contribution >= 0.6 is 34.5 Å². The predicted octanol–water partition coefficient (Wildman–Crippen LogP) is 2.97. The third-order valence-corrected chi connectivity index (χ3v) is 7.42. The molecule has 2 fully saturated rings. The van der Waals surface area contributed by atoms with E-state index in [9.17, 15) is 18.0 Å². The first-order chi connectivity index (χ1) is 18.4. The van der Waals surface area contributed by atoms with Gasteiger partial charge in [-0.05, 0) is 24.3 Å². The average molecular weight is 607 g/mol. The predicted molar refractivity (Wildman–Crippen MR) is 140 cm³/mol. The Balaban J connectivity index is 1.77. The number of thiazole rings is 1. The quantitative estimate of drug-likeness (QED) is 0.263. The fourth-order valence-corrected chi connectivity index (χ4v) is 5.14. The Hall–Kier alpha value is -2.88. The van der Waals surface area contributed by atoms with Crippen molar-refractivity contribution in [3.63, 3.8) is 0 Å². The van der Waals surface area contributed by atoms with E-state index in [1.165, 1.54) is 24.6 Å². The lowest BCUT2D eigenvalue weighted by Gasteiger charge is -2.51. The van der Waals surface area contributed by atoms with Crippen LogP contribution in [0.4, 0.5) is 18.9 Å². The maximum absolute atomic E-state index is 13.8. The molecule has 0 radical (unpaired) electrons. The van der Waals surface area contributed by atoms with Crippen LogP contribution in [-0.4, -0.2) is 60.8 Å². The van der Waals surface area contributed by atoms with Crippen molar-refractivity contribution in [2.45, 2.75) is 36.6 Å². The van der Waals surface area contributed by atoms with E-state index < -0.39 is 59.5 Å². The summed E-state index contributed by atoms with van der Waals surface area (Å²) in [6.07, 6.45) is -5.20. The van der Waals surface area contributed by atoms with Gasteiger partial charge in [0.2, 0.25) is 0 Å². The van der Waals surface area contributed by atoms with E-state index >= 15 is 0 Å². The molecule has 2 aromatic rings. The minimum atomic E-state index is -4.75. The van der Waals surface area contributed by atoms with Crippen molar-refractivity contribution in [3.8, 4) is 0 Å². The Labute approximate surface area is 234 Å². The van der Waals surface area contributed by atoms with Gasteiger partial charge in [0.25, 0.3) is 5.91 Å². The van der Waals surface area contributed by atoms with Gasteiger partial charge < -0.3 is 36.7 Å². The Morgan fingerprint density at radius 1 is 1.31 bits per heavy atom. The number of rotatable bonds is 8. The fraction of sp³-hybridized carbons (Fsp3) is 0.348. The normalized spacial score (nSPS) is 26.1. The number of carbonyl (C=O) groups is 1. The lowest BCUT2D eigenvalue weighted by molar-refractivity contribution is -0.262. The van der Waals surface area contributed by atoms with Crippen LogP contribution in [-0.2, 0) is 25.2 Å². The second kappa shape index (κ2) is 11.7. The van der Waals surface area contributed by atoms with Crippen molar-refractivity contribution < 1.29 is 32.2 Å². The maximum Gasteiger partial charge on any atom is 0.418 e. The molecule has 0 aliphatic carbocycles. The minimum Gasteiger partial charge on any atom is -0.395 e. The van der Waals surface area contributed by atoms with Crippen LogP contribution in [0.2, 0.25) is 10.2 Å². The number of aromatic nitrogens is 1. The van der Waals surface area contributed by atoms with Crippen LogP contribution in [0.3, 0.4) is 0 Å². The number of halogens is 5. The molecular weight excluding hydrogens is 584 g/mol. The SMILES string of the molecule is COC1C(C(/C=C(\N)C(N)=O)=Nc2cc(Cl)ccc2C(F)(F)F)OC2COC2C1N/C=C(\N)c1nc(Cl)cs1. The van der Waals surface area contributed by atoms with Crippen molar-refractivity contribution in [2.24, 2.45) is 22.2 Å². The standard InChI is InChI=1S/C23H23Cl2F3N6O4S/c1-36-20-17(32-6-12(30)22-34-16(25)8-39-22)19-15(7-37-19)38-18(20)14(5-11(29)21(31)35)33-13-4-9(24)2-3-10(13)23(26,27)28/h2-6,8,15,17-20,32H,7,29-30H2,1H3,(H2,31,35)/b11-5-,12-6-,33-14?. The highest BCUT2D eigenvalue weighted by molar-refractivity contribution is 7.11. The number of ether oxygens (including phenoxy) is 3. The zero-order valence-electron chi connectivity index (χ0n) is 20.1. The smallest absolute Gasteiger partial charge is 0.395 e. The van der Waals surface area contributed by atoms with Crippen molar-refractivity contribution in [2.75, 3.05) is 13.7 Å². The van der Waals surface area contributed by atoms with E-state index in [0.29, 0.717) is 5.01 Å². The van der Waals surface area contributed by atoms with Crippen LogP contribution in [0.15, 0.2) is 46.5 Å². The van der Waals surface area contributed by atoms with Crippen molar-refractivity contribution in [3.05, 3.63) is 62.3 Å². The summed E-state index contributed by atoms with van der Waals surface area (Å²) in [5.41, 5.74) is 15.3. The van der Waals surface area contributed by atoms with Crippen molar-refractivity contribution in [1.82, 2.24) is 10.3 Å². The molecule has 10 nitrogen and oxygen atoms in total. The molecule has 1 aromatic heterocycles. The molecule has 0 saturated carbocycles. The second-order valence-corrected chi connectivity index (χ2v) is 10.2.